The van der Waals surface area contributed by atoms with Crippen LogP contribution < -0.4 is 5.32 Å². The van der Waals surface area contributed by atoms with Crippen molar-refractivity contribution in [3.63, 3.8) is 0 Å². The summed E-state index contributed by atoms with van der Waals surface area (Å²) in [6.07, 6.45) is 0. The van der Waals surface area contributed by atoms with E-state index in [-0.39, 0.29) is 5.91 Å². The number of hydrogen-bond donors (Lipinski definition) is 1. The second kappa shape index (κ2) is 6.71. The SMILES string of the molecule is Cc1ccc(F)cc1NC(=O)c1sc(-c2cccc(Cl)c2)nc1C. The third kappa shape index (κ3) is 3.47. The van der Waals surface area contributed by atoms with Gasteiger partial charge < -0.3 is 5.32 Å². The van der Waals surface area contributed by atoms with Crippen LogP contribution in [0.3, 0.4) is 0 Å². The molecule has 1 amide bonds. The highest BCUT2D eigenvalue weighted by atomic mass is 35.5. The Hall–Kier alpha value is -2.24. The first-order valence-electron chi connectivity index (χ1n) is 7.25. The monoisotopic (exact) mass is 360 g/mol. The van der Waals surface area contributed by atoms with E-state index in [4.69, 9.17) is 11.6 Å². The number of amides is 1. The highest BCUT2D eigenvalue weighted by Crippen LogP contribution is 2.30. The van der Waals surface area contributed by atoms with E-state index in [1.54, 1.807) is 25.1 Å². The first kappa shape index (κ1) is 16.6. The third-order valence-corrected chi connectivity index (χ3v) is 4.96. The lowest BCUT2D eigenvalue weighted by Gasteiger charge is -2.07. The van der Waals surface area contributed by atoms with E-state index >= 15 is 0 Å². The molecule has 0 saturated carbocycles. The number of benzene rings is 2. The minimum atomic E-state index is -0.392. The van der Waals surface area contributed by atoms with Crippen LogP contribution in [0.4, 0.5) is 10.1 Å². The van der Waals surface area contributed by atoms with Crippen molar-refractivity contribution in [2.75, 3.05) is 5.32 Å². The van der Waals surface area contributed by atoms with Crippen LogP contribution in [0.2, 0.25) is 5.02 Å². The summed E-state index contributed by atoms with van der Waals surface area (Å²) in [4.78, 5) is 17.5. The van der Waals surface area contributed by atoms with Crippen LogP contribution in [0.5, 0.6) is 0 Å². The van der Waals surface area contributed by atoms with Crippen LogP contribution in [0.1, 0.15) is 20.9 Å². The van der Waals surface area contributed by atoms with E-state index in [1.165, 1.54) is 23.5 Å². The second-order valence-corrected chi connectivity index (χ2v) is 6.79. The zero-order valence-electron chi connectivity index (χ0n) is 13.1. The fourth-order valence-corrected chi connectivity index (χ4v) is 3.41. The third-order valence-electron chi connectivity index (χ3n) is 3.52. The average molecular weight is 361 g/mol. The topological polar surface area (TPSA) is 42.0 Å². The summed E-state index contributed by atoms with van der Waals surface area (Å²) in [7, 11) is 0. The van der Waals surface area contributed by atoms with E-state index in [0.29, 0.717) is 21.3 Å². The number of hydrogen-bond acceptors (Lipinski definition) is 3. The quantitative estimate of drug-likeness (QED) is 0.672. The van der Waals surface area contributed by atoms with E-state index in [0.717, 1.165) is 16.1 Å². The van der Waals surface area contributed by atoms with Crippen molar-refractivity contribution in [3.05, 3.63) is 69.4 Å². The maximum Gasteiger partial charge on any atom is 0.267 e. The average Bonchev–Trinajstić information content (AvgIpc) is 2.93. The van der Waals surface area contributed by atoms with Crippen molar-refractivity contribution in [2.24, 2.45) is 0 Å². The lowest BCUT2D eigenvalue weighted by Crippen LogP contribution is -2.12. The minimum Gasteiger partial charge on any atom is -0.321 e. The first-order chi connectivity index (χ1) is 11.4. The van der Waals surface area contributed by atoms with E-state index in [1.807, 2.05) is 19.1 Å². The van der Waals surface area contributed by atoms with Gasteiger partial charge in [-0.2, -0.15) is 0 Å². The standard InChI is InChI=1S/C18H14ClFN2OS/c1-10-6-7-14(20)9-15(10)22-17(23)16-11(2)21-18(24-16)12-4-3-5-13(19)8-12/h3-9H,1-2H3,(H,22,23). The van der Waals surface area contributed by atoms with Gasteiger partial charge in [0.05, 0.1) is 5.69 Å². The van der Waals surface area contributed by atoms with Gasteiger partial charge in [0, 0.05) is 16.3 Å². The number of carbonyl (C=O) groups excluding carboxylic acids is 1. The summed E-state index contributed by atoms with van der Waals surface area (Å²) < 4.78 is 13.4. The van der Waals surface area contributed by atoms with Gasteiger partial charge >= 0.3 is 0 Å². The lowest BCUT2D eigenvalue weighted by atomic mass is 10.2. The van der Waals surface area contributed by atoms with Gasteiger partial charge in [-0.15, -0.1) is 11.3 Å². The summed E-state index contributed by atoms with van der Waals surface area (Å²) in [5, 5.41) is 4.08. The molecule has 0 spiro atoms. The molecule has 1 heterocycles. The smallest absolute Gasteiger partial charge is 0.267 e. The van der Waals surface area contributed by atoms with Crippen molar-refractivity contribution in [1.82, 2.24) is 4.98 Å². The predicted molar refractivity (Wildman–Crippen MR) is 96.4 cm³/mol. The van der Waals surface area contributed by atoms with Crippen molar-refractivity contribution in [1.29, 1.82) is 0 Å². The van der Waals surface area contributed by atoms with Gasteiger partial charge in [-0.25, -0.2) is 9.37 Å². The number of nitrogens with one attached hydrogen (secondary N) is 1. The van der Waals surface area contributed by atoms with E-state index < -0.39 is 5.82 Å². The number of carbonyl (C=O) groups is 1. The molecule has 0 saturated heterocycles. The zero-order valence-corrected chi connectivity index (χ0v) is 14.6. The predicted octanol–water partition coefficient (Wildman–Crippen LogP) is 5.47. The van der Waals surface area contributed by atoms with Crippen molar-refractivity contribution >= 4 is 34.5 Å². The van der Waals surface area contributed by atoms with Gasteiger partial charge in [-0.05, 0) is 43.7 Å². The molecule has 24 heavy (non-hydrogen) atoms. The normalized spacial score (nSPS) is 10.7. The summed E-state index contributed by atoms with van der Waals surface area (Å²) in [6.45, 7) is 3.59. The Morgan fingerprint density at radius 3 is 2.75 bits per heavy atom. The molecular formula is C18H14ClFN2OS. The van der Waals surface area contributed by atoms with Crippen molar-refractivity contribution in [2.45, 2.75) is 13.8 Å². The molecule has 0 radical (unpaired) electrons. The highest BCUT2D eigenvalue weighted by molar-refractivity contribution is 7.17. The molecule has 0 unspecified atom stereocenters. The number of aromatic nitrogens is 1. The Kier molecular flexibility index (Phi) is 4.64. The molecule has 0 aliphatic rings. The Labute approximate surface area is 148 Å². The Balaban J connectivity index is 1.90. The van der Waals surface area contributed by atoms with Crippen molar-refractivity contribution in [3.8, 4) is 10.6 Å². The van der Waals surface area contributed by atoms with Gasteiger partial charge in [-0.1, -0.05) is 29.8 Å². The first-order valence-corrected chi connectivity index (χ1v) is 8.44. The number of rotatable bonds is 3. The lowest BCUT2D eigenvalue weighted by molar-refractivity contribution is 0.102. The maximum atomic E-state index is 13.4. The molecule has 0 atom stereocenters. The van der Waals surface area contributed by atoms with E-state index in [2.05, 4.69) is 10.3 Å². The summed E-state index contributed by atoms with van der Waals surface area (Å²) in [5.74, 6) is -0.691. The molecule has 0 aliphatic heterocycles. The van der Waals surface area contributed by atoms with Crippen LogP contribution in [-0.4, -0.2) is 10.9 Å². The number of thiazole rings is 1. The van der Waals surface area contributed by atoms with Crippen LogP contribution in [-0.2, 0) is 0 Å². The molecule has 122 valence electrons. The van der Waals surface area contributed by atoms with Gasteiger partial charge in [-0.3, -0.25) is 4.79 Å². The minimum absolute atomic E-state index is 0.299. The second-order valence-electron chi connectivity index (χ2n) is 5.36. The molecule has 1 N–H and O–H groups in total. The molecule has 0 fully saturated rings. The largest absolute Gasteiger partial charge is 0.321 e. The van der Waals surface area contributed by atoms with E-state index in [9.17, 15) is 9.18 Å². The van der Waals surface area contributed by atoms with Crippen LogP contribution in [0.25, 0.3) is 10.6 Å². The van der Waals surface area contributed by atoms with Crippen molar-refractivity contribution < 1.29 is 9.18 Å². The maximum absolute atomic E-state index is 13.4. The number of aryl methyl sites for hydroxylation is 2. The van der Waals surface area contributed by atoms with Crippen LogP contribution in [0.15, 0.2) is 42.5 Å². The van der Waals surface area contributed by atoms with Gasteiger partial charge in [0.15, 0.2) is 0 Å². The fraction of sp³-hybridized carbons (Fsp3) is 0.111. The molecule has 3 nitrogen and oxygen atoms in total. The summed E-state index contributed by atoms with van der Waals surface area (Å²) in [5.41, 5.74) is 2.73. The van der Waals surface area contributed by atoms with Gasteiger partial charge in [0.1, 0.15) is 15.7 Å². The summed E-state index contributed by atoms with van der Waals surface area (Å²) >= 11 is 7.29. The molecule has 0 aliphatic carbocycles. The Bertz CT molecular complexity index is 923. The van der Waals surface area contributed by atoms with Gasteiger partial charge in [0.2, 0.25) is 0 Å². The molecule has 0 bridgehead atoms. The number of halogens is 2. The Morgan fingerprint density at radius 1 is 1.21 bits per heavy atom. The number of anilines is 1. The van der Waals surface area contributed by atoms with Crippen LogP contribution in [0, 0.1) is 19.7 Å². The molecule has 3 aromatic rings. The van der Waals surface area contributed by atoms with Crippen LogP contribution >= 0.6 is 22.9 Å². The Morgan fingerprint density at radius 2 is 2.00 bits per heavy atom. The summed E-state index contributed by atoms with van der Waals surface area (Å²) in [6, 6.07) is 11.6. The molecule has 1 aromatic heterocycles. The molecule has 2 aromatic carbocycles. The molecular weight excluding hydrogens is 347 g/mol. The molecule has 6 heteroatoms. The highest BCUT2D eigenvalue weighted by Gasteiger charge is 2.17. The zero-order chi connectivity index (χ0) is 17.3. The fourth-order valence-electron chi connectivity index (χ4n) is 2.26. The molecule has 3 rings (SSSR count). The number of nitrogens with zero attached hydrogens (tertiary/aromatic N) is 1. The van der Waals surface area contributed by atoms with Gasteiger partial charge in [0.25, 0.3) is 5.91 Å².